The molecule has 2 aromatic rings. The molecule has 1 aromatic carbocycles. The molecule has 0 aliphatic carbocycles. The lowest BCUT2D eigenvalue weighted by molar-refractivity contribution is -0.155. The number of β-lactam (4-membered cyclic amide) rings is 1. The minimum absolute atomic E-state index is 0.0267. The van der Waals surface area contributed by atoms with E-state index >= 15 is 0 Å². The number of likely N-dealkylation sites (tertiary alicyclic amines) is 1. The van der Waals surface area contributed by atoms with Crippen LogP contribution in [0.25, 0.3) is 0 Å². The van der Waals surface area contributed by atoms with Crippen molar-refractivity contribution in [3.8, 4) is 5.75 Å². The molecule has 0 saturated carbocycles. The molecule has 2 saturated heterocycles. The molecule has 3 amide bonds. The maximum Gasteiger partial charge on any atom is 0.353 e. The Bertz CT molecular complexity index is 1130. The van der Waals surface area contributed by atoms with Crippen LogP contribution in [0.15, 0.2) is 39.2 Å². The highest BCUT2D eigenvalue weighted by Gasteiger charge is 2.64. The van der Waals surface area contributed by atoms with E-state index in [1.54, 1.807) is 12.1 Å². The van der Waals surface area contributed by atoms with E-state index in [2.05, 4.69) is 15.5 Å². The molecular formula is C19H17N5O5S2. The van der Waals surface area contributed by atoms with Crippen LogP contribution in [0, 0.1) is 12.8 Å². The number of phenols is 1. The van der Waals surface area contributed by atoms with Gasteiger partial charge in [-0.1, -0.05) is 23.1 Å². The number of hydrogen-bond donors (Lipinski definition) is 3. The van der Waals surface area contributed by atoms with Crippen LogP contribution in [0.1, 0.15) is 11.4 Å². The Hall–Kier alpha value is -3.12. The SMILES string of the molecule is Cc1nnc(SC2=C(C(=O)O)N3C(=O)[C@@H]4[C@H]3[C@H](C2)CN4C(=O)Nc2ccc(O)cc2)s1. The van der Waals surface area contributed by atoms with Crippen molar-refractivity contribution in [3.05, 3.63) is 39.9 Å². The smallest absolute Gasteiger partial charge is 0.353 e. The summed E-state index contributed by atoms with van der Waals surface area (Å²) >= 11 is 2.58. The second-order valence-corrected chi connectivity index (χ2v) is 10.0. The van der Waals surface area contributed by atoms with Crippen molar-refractivity contribution in [2.45, 2.75) is 29.8 Å². The molecule has 3 aliphatic heterocycles. The minimum atomic E-state index is -1.17. The van der Waals surface area contributed by atoms with Crippen LogP contribution in [-0.4, -0.2) is 66.7 Å². The highest BCUT2D eigenvalue weighted by molar-refractivity contribution is 8.04. The van der Waals surface area contributed by atoms with Gasteiger partial charge in [0.05, 0.1) is 6.04 Å². The first-order valence-electron chi connectivity index (χ1n) is 9.47. The van der Waals surface area contributed by atoms with Gasteiger partial charge in [0.25, 0.3) is 5.91 Å². The quantitative estimate of drug-likeness (QED) is 0.467. The van der Waals surface area contributed by atoms with Crippen molar-refractivity contribution < 1.29 is 24.6 Å². The molecule has 31 heavy (non-hydrogen) atoms. The lowest BCUT2D eigenvalue weighted by Crippen LogP contribution is -2.69. The number of nitrogens with one attached hydrogen (secondary N) is 1. The average molecular weight is 460 g/mol. The summed E-state index contributed by atoms with van der Waals surface area (Å²) in [5.41, 5.74) is 0.467. The van der Waals surface area contributed by atoms with E-state index in [9.17, 15) is 24.6 Å². The van der Waals surface area contributed by atoms with Crippen LogP contribution in [0.3, 0.4) is 0 Å². The Morgan fingerprint density at radius 2 is 2.00 bits per heavy atom. The van der Waals surface area contributed by atoms with Crippen LogP contribution in [-0.2, 0) is 9.59 Å². The summed E-state index contributed by atoms with van der Waals surface area (Å²) in [4.78, 5) is 41.1. The van der Waals surface area contributed by atoms with E-state index in [0.29, 0.717) is 27.9 Å². The number of allylic oxidation sites excluding steroid dienone is 1. The number of rotatable bonds is 4. The number of phenolic OH excluding ortho intramolecular Hbond substituents is 1. The maximum atomic E-state index is 12.9. The second-order valence-electron chi connectivity index (χ2n) is 7.50. The number of urea groups is 1. The Balaban J connectivity index is 1.39. The molecule has 3 atom stereocenters. The number of amides is 3. The van der Waals surface area contributed by atoms with Crippen molar-refractivity contribution in [2.24, 2.45) is 5.92 Å². The van der Waals surface area contributed by atoms with Crippen molar-refractivity contribution in [2.75, 3.05) is 11.9 Å². The zero-order valence-electron chi connectivity index (χ0n) is 16.2. The third-order valence-electron chi connectivity index (χ3n) is 5.61. The summed E-state index contributed by atoms with van der Waals surface area (Å²) in [5, 5.41) is 30.7. The molecular weight excluding hydrogens is 442 g/mol. The maximum absolute atomic E-state index is 12.9. The first-order valence-corrected chi connectivity index (χ1v) is 11.1. The van der Waals surface area contributed by atoms with Crippen LogP contribution in [0.5, 0.6) is 5.75 Å². The number of hydrogen-bond acceptors (Lipinski definition) is 8. The number of aromatic nitrogens is 2. The van der Waals surface area contributed by atoms with Gasteiger partial charge in [0, 0.05) is 23.1 Å². The molecule has 5 rings (SSSR count). The van der Waals surface area contributed by atoms with E-state index in [1.165, 1.54) is 45.0 Å². The zero-order chi connectivity index (χ0) is 21.9. The molecule has 0 radical (unpaired) electrons. The van der Waals surface area contributed by atoms with Gasteiger partial charge in [-0.2, -0.15) is 0 Å². The predicted octanol–water partition coefficient (Wildman–Crippen LogP) is 2.09. The van der Waals surface area contributed by atoms with Crippen LogP contribution in [0.4, 0.5) is 10.5 Å². The molecule has 0 bridgehead atoms. The van der Waals surface area contributed by atoms with Crippen LogP contribution >= 0.6 is 23.1 Å². The van der Waals surface area contributed by atoms with Crippen molar-refractivity contribution in [3.63, 3.8) is 0 Å². The highest BCUT2D eigenvalue weighted by atomic mass is 32.2. The normalized spacial score (nSPS) is 24.2. The van der Waals surface area contributed by atoms with Crippen molar-refractivity contribution in [1.82, 2.24) is 20.0 Å². The number of thioether (sulfide) groups is 1. The van der Waals surface area contributed by atoms with E-state index in [4.69, 9.17) is 0 Å². The number of aryl methyl sites for hydroxylation is 1. The number of anilines is 1. The van der Waals surface area contributed by atoms with Gasteiger partial charge in [0.15, 0.2) is 4.34 Å². The number of carboxylic acids is 1. The zero-order valence-corrected chi connectivity index (χ0v) is 17.8. The molecule has 3 aliphatic rings. The molecule has 12 heteroatoms. The number of carbonyl (C=O) groups is 3. The Kier molecular flexibility index (Phi) is 4.63. The van der Waals surface area contributed by atoms with Gasteiger partial charge in [-0.15, -0.1) is 10.2 Å². The minimum Gasteiger partial charge on any atom is -0.508 e. The van der Waals surface area contributed by atoms with Gasteiger partial charge in [-0.05, 0) is 37.6 Å². The fraction of sp³-hybridized carbons (Fsp3) is 0.316. The fourth-order valence-electron chi connectivity index (χ4n) is 4.36. The van der Waals surface area contributed by atoms with Gasteiger partial charge in [-0.3, -0.25) is 9.69 Å². The molecule has 160 valence electrons. The molecule has 4 heterocycles. The van der Waals surface area contributed by atoms with Crippen LogP contribution < -0.4 is 5.32 Å². The molecule has 2 fully saturated rings. The first-order chi connectivity index (χ1) is 14.8. The predicted molar refractivity (Wildman–Crippen MR) is 112 cm³/mol. The first kappa shape index (κ1) is 19.8. The van der Waals surface area contributed by atoms with E-state index in [1.807, 2.05) is 6.92 Å². The standard InChI is InChI=1S/C19H17N5O5S2/c1-8-21-22-19(30-8)31-12-6-9-7-23(18(29)20-10-2-4-11(25)5-3-10)15-13(9)24(16(15)26)14(12)17(27)28/h2-5,9,13,15,25H,6-7H2,1H3,(H,20,29)(H,27,28)/t9-,13-,15+/m1/s1. The van der Waals surface area contributed by atoms with Gasteiger partial charge in [0.1, 0.15) is 22.5 Å². The Labute approximate surface area is 184 Å². The van der Waals surface area contributed by atoms with Gasteiger partial charge < -0.3 is 20.4 Å². The number of carbonyl (C=O) groups excluding carboxylic acids is 2. The summed E-state index contributed by atoms with van der Waals surface area (Å²) in [6, 6.07) is 4.59. The lowest BCUT2D eigenvalue weighted by atomic mass is 9.82. The third kappa shape index (κ3) is 3.22. The van der Waals surface area contributed by atoms with Crippen molar-refractivity contribution >= 4 is 46.7 Å². The van der Waals surface area contributed by atoms with E-state index in [0.717, 1.165) is 5.01 Å². The topological polar surface area (TPSA) is 136 Å². The molecule has 3 N–H and O–H groups in total. The summed E-state index contributed by atoms with van der Waals surface area (Å²) in [5.74, 6) is -1.54. The third-order valence-corrected chi connectivity index (χ3v) is 7.61. The highest BCUT2D eigenvalue weighted by Crippen LogP contribution is 2.50. The summed E-state index contributed by atoms with van der Waals surface area (Å²) < 4.78 is 0.620. The van der Waals surface area contributed by atoms with Gasteiger partial charge >= 0.3 is 12.0 Å². The van der Waals surface area contributed by atoms with E-state index < -0.39 is 23.9 Å². The Morgan fingerprint density at radius 1 is 1.26 bits per heavy atom. The van der Waals surface area contributed by atoms with Gasteiger partial charge in [-0.25, -0.2) is 9.59 Å². The van der Waals surface area contributed by atoms with E-state index in [-0.39, 0.29) is 23.4 Å². The largest absolute Gasteiger partial charge is 0.508 e. The summed E-state index contributed by atoms with van der Waals surface area (Å²) in [6.07, 6.45) is 0.443. The second kappa shape index (κ2) is 7.24. The van der Waals surface area contributed by atoms with Crippen molar-refractivity contribution in [1.29, 1.82) is 0 Å². The summed E-state index contributed by atoms with van der Waals surface area (Å²) in [7, 11) is 0. The monoisotopic (exact) mass is 459 g/mol. The lowest BCUT2D eigenvalue weighted by Gasteiger charge is -2.49. The number of carboxylic acid groups (broad SMARTS) is 1. The molecule has 1 aromatic heterocycles. The number of aromatic hydroxyl groups is 1. The fourth-order valence-corrected chi connectivity index (χ4v) is 6.47. The van der Waals surface area contributed by atoms with Gasteiger partial charge in [0.2, 0.25) is 0 Å². The number of aliphatic carboxylic acids is 1. The summed E-state index contributed by atoms with van der Waals surface area (Å²) in [6.45, 7) is 2.16. The Morgan fingerprint density at radius 3 is 2.65 bits per heavy atom. The number of nitrogens with zero attached hydrogens (tertiary/aromatic N) is 4. The number of benzene rings is 1. The average Bonchev–Trinajstić information content (AvgIpc) is 3.30. The molecule has 0 unspecified atom stereocenters. The molecule has 10 nitrogen and oxygen atoms in total. The van der Waals surface area contributed by atoms with Crippen LogP contribution in [0.2, 0.25) is 0 Å². The molecule has 0 spiro atoms.